The molecule has 0 heterocycles. The van der Waals surface area contributed by atoms with E-state index in [0.29, 0.717) is 5.69 Å². The van der Waals surface area contributed by atoms with E-state index >= 15 is 0 Å². The van der Waals surface area contributed by atoms with Crippen LogP contribution in [-0.2, 0) is 4.79 Å². The Balaban J connectivity index is 1.77. The van der Waals surface area contributed by atoms with Crippen LogP contribution >= 0.6 is 24.0 Å². The van der Waals surface area contributed by atoms with E-state index in [-0.39, 0.29) is 22.1 Å². The molecule has 2 aromatic carbocycles. The molecule has 126 valence electrons. The van der Waals surface area contributed by atoms with Crippen molar-refractivity contribution < 1.29 is 9.18 Å². The van der Waals surface area contributed by atoms with Crippen LogP contribution in [0.15, 0.2) is 53.4 Å². The van der Waals surface area contributed by atoms with Gasteiger partial charge in [0.2, 0.25) is 0 Å². The molecule has 4 nitrogen and oxygen atoms in total. The predicted octanol–water partition coefficient (Wildman–Crippen LogP) is 3.63. The normalized spacial score (nSPS) is 11.5. The van der Waals surface area contributed by atoms with Gasteiger partial charge in [-0.1, -0.05) is 17.7 Å². The molecule has 0 saturated carbocycles. The van der Waals surface area contributed by atoms with Gasteiger partial charge in [0.1, 0.15) is 5.82 Å². The van der Waals surface area contributed by atoms with Crippen molar-refractivity contribution in [1.82, 2.24) is 10.9 Å². The first kappa shape index (κ1) is 18.2. The first-order valence-electron chi connectivity index (χ1n) is 7.30. The van der Waals surface area contributed by atoms with Crippen LogP contribution in [0.25, 0.3) is 0 Å². The van der Waals surface area contributed by atoms with Crippen molar-refractivity contribution in [2.75, 3.05) is 5.32 Å². The zero-order valence-corrected chi connectivity index (χ0v) is 14.9. The molecule has 0 aliphatic heterocycles. The standard InChI is InChI=1S/C17H18FN3OS2/c1-11-3-9-15(10-4-11)24-12(2)16(22)20-21-17(23)19-14-7-5-13(18)6-8-14/h3-10,12H,1-2H3,(H,20,22)(H2,19,21,23)/t12-/m0/s1. The molecule has 0 fully saturated rings. The number of anilines is 1. The van der Waals surface area contributed by atoms with Gasteiger partial charge in [-0.25, -0.2) is 4.39 Å². The van der Waals surface area contributed by atoms with Crippen molar-refractivity contribution in [1.29, 1.82) is 0 Å². The highest BCUT2D eigenvalue weighted by atomic mass is 32.2. The summed E-state index contributed by atoms with van der Waals surface area (Å²) in [5, 5.41) is 2.79. The van der Waals surface area contributed by atoms with Crippen molar-refractivity contribution in [3.05, 3.63) is 59.9 Å². The van der Waals surface area contributed by atoms with Gasteiger partial charge in [-0.2, -0.15) is 0 Å². The Kier molecular flexibility index (Phi) is 6.57. The number of thioether (sulfide) groups is 1. The summed E-state index contributed by atoms with van der Waals surface area (Å²) in [5.74, 6) is -0.515. The number of thiocarbonyl (C=S) groups is 1. The van der Waals surface area contributed by atoms with Crippen molar-refractivity contribution in [2.45, 2.75) is 24.0 Å². The fourth-order valence-corrected chi connectivity index (χ4v) is 2.83. The van der Waals surface area contributed by atoms with Crippen molar-refractivity contribution in [2.24, 2.45) is 0 Å². The lowest BCUT2D eigenvalue weighted by Gasteiger charge is -2.15. The highest BCUT2D eigenvalue weighted by Gasteiger charge is 2.14. The number of rotatable bonds is 4. The maximum atomic E-state index is 12.8. The number of carbonyl (C=O) groups excluding carboxylic acids is 1. The molecule has 0 unspecified atom stereocenters. The number of hydrazine groups is 1. The minimum atomic E-state index is -0.324. The second kappa shape index (κ2) is 8.65. The highest BCUT2D eigenvalue weighted by Crippen LogP contribution is 2.23. The van der Waals surface area contributed by atoms with Crippen LogP contribution in [0.5, 0.6) is 0 Å². The number of hydrogen-bond acceptors (Lipinski definition) is 3. The van der Waals surface area contributed by atoms with Gasteiger partial charge >= 0.3 is 0 Å². The summed E-state index contributed by atoms with van der Waals surface area (Å²) in [5.41, 5.74) is 7.00. The number of benzene rings is 2. The first-order chi connectivity index (χ1) is 11.4. The summed E-state index contributed by atoms with van der Waals surface area (Å²) in [7, 11) is 0. The minimum Gasteiger partial charge on any atom is -0.331 e. The number of aryl methyl sites for hydroxylation is 1. The molecule has 1 amide bonds. The van der Waals surface area contributed by atoms with Crippen molar-refractivity contribution in [3.63, 3.8) is 0 Å². The zero-order valence-electron chi connectivity index (χ0n) is 13.3. The lowest BCUT2D eigenvalue weighted by atomic mass is 10.2. The molecule has 1 atom stereocenters. The van der Waals surface area contributed by atoms with E-state index in [2.05, 4.69) is 16.2 Å². The average molecular weight is 363 g/mol. The molecular weight excluding hydrogens is 345 g/mol. The molecule has 2 aromatic rings. The van der Waals surface area contributed by atoms with Crippen LogP contribution in [-0.4, -0.2) is 16.3 Å². The van der Waals surface area contributed by atoms with Crippen LogP contribution in [0, 0.1) is 12.7 Å². The summed E-state index contributed by atoms with van der Waals surface area (Å²) < 4.78 is 12.8. The summed E-state index contributed by atoms with van der Waals surface area (Å²) >= 11 is 6.54. The third-order valence-corrected chi connectivity index (χ3v) is 4.42. The summed E-state index contributed by atoms with van der Waals surface area (Å²) in [6.45, 7) is 3.83. The second-order valence-corrected chi connectivity index (χ2v) is 6.97. The minimum absolute atomic E-state index is 0.191. The number of nitrogens with one attached hydrogen (secondary N) is 3. The van der Waals surface area contributed by atoms with Gasteiger partial charge in [0.05, 0.1) is 5.25 Å². The number of amides is 1. The van der Waals surface area contributed by atoms with Gasteiger partial charge in [0.15, 0.2) is 5.11 Å². The second-order valence-electron chi connectivity index (χ2n) is 5.15. The van der Waals surface area contributed by atoms with E-state index in [1.165, 1.54) is 29.5 Å². The van der Waals surface area contributed by atoms with Gasteiger partial charge in [-0.15, -0.1) is 11.8 Å². The van der Waals surface area contributed by atoms with E-state index in [1.807, 2.05) is 38.1 Å². The molecule has 3 N–H and O–H groups in total. The molecule has 0 saturated heterocycles. The molecule has 0 spiro atoms. The quantitative estimate of drug-likeness (QED) is 0.440. The summed E-state index contributed by atoms with van der Waals surface area (Å²) in [6.07, 6.45) is 0. The molecule has 0 bridgehead atoms. The number of carbonyl (C=O) groups is 1. The van der Waals surface area contributed by atoms with Crippen LogP contribution in [0.3, 0.4) is 0 Å². The van der Waals surface area contributed by atoms with Crippen LogP contribution < -0.4 is 16.2 Å². The molecular formula is C17H18FN3OS2. The molecule has 24 heavy (non-hydrogen) atoms. The topological polar surface area (TPSA) is 53.2 Å². The maximum Gasteiger partial charge on any atom is 0.251 e. The van der Waals surface area contributed by atoms with E-state index in [0.717, 1.165) is 4.90 Å². The average Bonchev–Trinajstić information content (AvgIpc) is 2.57. The lowest BCUT2D eigenvalue weighted by Crippen LogP contribution is -2.46. The highest BCUT2D eigenvalue weighted by molar-refractivity contribution is 8.00. The number of hydrogen-bond donors (Lipinski definition) is 3. The fraction of sp³-hybridized carbons (Fsp3) is 0.176. The molecule has 0 aliphatic rings. The third kappa shape index (κ3) is 5.82. The molecule has 0 aromatic heterocycles. The van der Waals surface area contributed by atoms with Crippen LogP contribution in [0.2, 0.25) is 0 Å². The molecule has 7 heteroatoms. The third-order valence-electron chi connectivity index (χ3n) is 3.10. The Morgan fingerprint density at radius 2 is 1.71 bits per heavy atom. The molecule has 2 rings (SSSR count). The number of halogens is 1. The lowest BCUT2D eigenvalue weighted by molar-refractivity contribution is -0.120. The Bertz CT molecular complexity index is 705. The van der Waals surface area contributed by atoms with E-state index in [1.54, 1.807) is 12.1 Å². The van der Waals surface area contributed by atoms with Gasteiger partial charge in [-0.3, -0.25) is 15.6 Å². The summed E-state index contributed by atoms with van der Waals surface area (Å²) in [4.78, 5) is 13.1. The molecule has 0 aliphatic carbocycles. The SMILES string of the molecule is Cc1ccc(S[C@@H](C)C(=O)NNC(=S)Nc2ccc(F)cc2)cc1. The fourth-order valence-electron chi connectivity index (χ4n) is 1.79. The van der Waals surface area contributed by atoms with E-state index in [9.17, 15) is 9.18 Å². The van der Waals surface area contributed by atoms with Crippen LogP contribution in [0.1, 0.15) is 12.5 Å². The summed E-state index contributed by atoms with van der Waals surface area (Å²) in [6, 6.07) is 13.7. The van der Waals surface area contributed by atoms with E-state index in [4.69, 9.17) is 12.2 Å². The van der Waals surface area contributed by atoms with Gasteiger partial charge < -0.3 is 5.32 Å². The maximum absolute atomic E-state index is 12.8. The zero-order chi connectivity index (χ0) is 17.5. The van der Waals surface area contributed by atoms with Gasteiger partial charge in [0.25, 0.3) is 5.91 Å². The monoisotopic (exact) mass is 363 g/mol. The largest absolute Gasteiger partial charge is 0.331 e. The van der Waals surface area contributed by atoms with Gasteiger partial charge in [-0.05, 0) is 62.5 Å². The Morgan fingerprint density at radius 1 is 1.08 bits per heavy atom. The first-order valence-corrected chi connectivity index (χ1v) is 8.58. The van der Waals surface area contributed by atoms with Crippen molar-refractivity contribution in [3.8, 4) is 0 Å². The van der Waals surface area contributed by atoms with Crippen molar-refractivity contribution >= 4 is 40.7 Å². The molecule has 0 radical (unpaired) electrons. The Morgan fingerprint density at radius 3 is 2.33 bits per heavy atom. The predicted molar refractivity (Wildman–Crippen MR) is 100 cm³/mol. The van der Waals surface area contributed by atoms with Gasteiger partial charge in [0, 0.05) is 10.6 Å². The Labute approximate surface area is 150 Å². The van der Waals surface area contributed by atoms with Crippen LogP contribution in [0.4, 0.5) is 10.1 Å². The van der Waals surface area contributed by atoms with E-state index < -0.39 is 0 Å². The smallest absolute Gasteiger partial charge is 0.251 e. The Hall–Kier alpha value is -2.12.